The van der Waals surface area contributed by atoms with Crippen molar-refractivity contribution in [2.45, 2.75) is 12.6 Å². The Morgan fingerprint density at radius 2 is 1.97 bits per heavy atom. The molecule has 0 fully saturated rings. The molecule has 0 saturated heterocycles. The molecule has 7 heteroatoms. The summed E-state index contributed by atoms with van der Waals surface area (Å²) in [5, 5.41) is 0.362. The molecule has 5 nitrogen and oxygen atoms in total. The Morgan fingerprint density at radius 3 is 2.73 bits per heavy atom. The number of amides is 1. The van der Waals surface area contributed by atoms with Crippen LogP contribution < -0.4 is 5.43 Å². The summed E-state index contributed by atoms with van der Waals surface area (Å²) in [7, 11) is 0. The van der Waals surface area contributed by atoms with E-state index in [-0.39, 0.29) is 23.3 Å². The van der Waals surface area contributed by atoms with Gasteiger partial charge in [0.2, 0.25) is 5.76 Å². The van der Waals surface area contributed by atoms with Crippen molar-refractivity contribution in [1.29, 1.82) is 0 Å². The van der Waals surface area contributed by atoms with E-state index in [4.69, 9.17) is 4.42 Å². The quantitative estimate of drug-likeness (QED) is 0.435. The average molecular weight is 465 g/mol. The lowest BCUT2D eigenvalue weighted by Gasteiger charge is -2.25. The lowest BCUT2D eigenvalue weighted by atomic mass is 9.98. The van der Waals surface area contributed by atoms with Gasteiger partial charge in [0.25, 0.3) is 5.91 Å². The molecule has 1 amide bonds. The first kappa shape index (κ1) is 18.7. The summed E-state index contributed by atoms with van der Waals surface area (Å²) >= 11 is 3.37. The predicted molar refractivity (Wildman–Crippen MR) is 113 cm³/mol. The van der Waals surface area contributed by atoms with Gasteiger partial charge < -0.3 is 9.32 Å². The second kappa shape index (κ2) is 7.18. The summed E-state index contributed by atoms with van der Waals surface area (Å²) in [4.78, 5) is 32.3. The van der Waals surface area contributed by atoms with Crippen LogP contribution >= 0.6 is 15.9 Å². The fourth-order valence-electron chi connectivity index (χ4n) is 3.87. The zero-order chi connectivity index (χ0) is 20.8. The van der Waals surface area contributed by atoms with Gasteiger partial charge in [-0.05, 0) is 47.5 Å². The predicted octanol–water partition coefficient (Wildman–Crippen LogP) is 4.84. The van der Waals surface area contributed by atoms with Crippen LogP contribution in [0.5, 0.6) is 0 Å². The van der Waals surface area contributed by atoms with E-state index in [1.807, 2.05) is 6.07 Å². The van der Waals surface area contributed by atoms with Crippen molar-refractivity contribution in [1.82, 2.24) is 9.88 Å². The Morgan fingerprint density at radius 1 is 1.10 bits per heavy atom. The third kappa shape index (κ3) is 3.02. The molecule has 0 bridgehead atoms. The van der Waals surface area contributed by atoms with Gasteiger partial charge in [-0.2, -0.15) is 0 Å². The number of aromatic nitrogens is 1. The number of pyridine rings is 1. The lowest BCUT2D eigenvalue weighted by molar-refractivity contribution is 0.0714. The highest BCUT2D eigenvalue weighted by Gasteiger charge is 2.42. The highest BCUT2D eigenvalue weighted by molar-refractivity contribution is 9.10. The van der Waals surface area contributed by atoms with E-state index in [2.05, 4.69) is 20.9 Å². The van der Waals surface area contributed by atoms with E-state index >= 15 is 0 Å². The minimum atomic E-state index is -0.761. The summed E-state index contributed by atoms with van der Waals surface area (Å²) in [6.45, 7) is 0.206. The van der Waals surface area contributed by atoms with Crippen molar-refractivity contribution in [3.63, 3.8) is 0 Å². The number of carbonyl (C=O) groups is 1. The molecule has 148 valence electrons. The summed E-state index contributed by atoms with van der Waals surface area (Å²) in [5.74, 6) is -0.861. The van der Waals surface area contributed by atoms with Gasteiger partial charge in [0, 0.05) is 23.4 Å². The van der Waals surface area contributed by atoms with Gasteiger partial charge >= 0.3 is 0 Å². The highest BCUT2D eigenvalue weighted by Crippen LogP contribution is 2.39. The van der Waals surface area contributed by atoms with Crippen LogP contribution in [-0.4, -0.2) is 15.8 Å². The minimum absolute atomic E-state index is 0.00651. The van der Waals surface area contributed by atoms with Gasteiger partial charge in [0.05, 0.1) is 17.0 Å². The number of hydrogen-bond acceptors (Lipinski definition) is 4. The molecule has 0 aliphatic carbocycles. The van der Waals surface area contributed by atoms with Gasteiger partial charge in [-0.25, -0.2) is 4.39 Å². The molecule has 0 radical (unpaired) electrons. The van der Waals surface area contributed by atoms with Crippen molar-refractivity contribution >= 4 is 32.8 Å². The van der Waals surface area contributed by atoms with Crippen LogP contribution in [0.15, 0.2) is 80.7 Å². The van der Waals surface area contributed by atoms with Crippen molar-refractivity contribution in [2.75, 3.05) is 0 Å². The fraction of sp³-hybridized carbons (Fsp3) is 0.0870. The molecule has 1 aliphatic heterocycles. The topological polar surface area (TPSA) is 63.4 Å². The molecule has 0 saturated carbocycles. The minimum Gasteiger partial charge on any atom is -0.450 e. The van der Waals surface area contributed by atoms with Crippen molar-refractivity contribution in [3.05, 3.63) is 110 Å². The van der Waals surface area contributed by atoms with Crippen LogP contribution in [-0.2, 0) is 6.54 Å². The Balaban J connectivity index is 1.75. The van der Waals surface area contributed by atoms with Crippen molar-refractivity contribution in [2.24, 2.45) is 0 Å². The van der Waals surface area contributed by atoms with Gasteiger partial charge in [-0.3, -0.25) is 14.6 Å². The van der Waals surface area contributed by atoms with E-state index in [9.17, 15) is 14.0 Å². The summed E-state index contributed by atoms with van der Waals surface area (Å²) in [6, 6.07) is 13.8. The van der Waals surface area contributed by atoms with E-state index in [0.717, 1.165) is 10.0 Å². The van der Waals surface area contributed by atoms with Crippen molar-refractivity contribution < 1.29 is 13.6 Å². The Bertz CT molecular complexity index is 1350. The Labute approximate surface area is 178 Å². The molecule has 30 heavy (non-hydrogen) atoms. The first-order valence-electron chi connectivity index (χ1n) is 9.24. The van der Waals surface area contributed by atoms with Crippen LogP contribution in [0.25, 0.3) is 11.0 Å². The second-order valence-electron chi connectivity index (χ2n) is 7.07. The van der Waals surface area contributed by atoms with Crippen LogP contribution in [0.4, 0.5) is 4.39 Å². The second-order valence-corrected chi connectivity index (χ2v) is 7.98. The molecule has 3 heterocycles. The molecule has 1 aliphatic rings. The number of halogens is 2. The number of rotatable bonds is 3. The van der Waals surface area contributed by atoms with Crippen molar-refractivity contribution in [3.8, 4) is 0 Å². The molecule has 2 aromatic heterocycles. The summed E-state index contributed by atoms with van der Waals surface area (Å²) in [5.41, 5.74) is 1.55. The molecule has 1 atom stereocenters. The number of fused-ring (bicyclic) bond motifs is 2. The molecular formula is C23H14BrFN2O3. The zero-order valence-corrected chi connectivity index (χ0v) is 17.1. The zero-order valence-electron chi connectivity index (χ0n) is 15.5. The molecular weight excluding hydrogens is 451 g/mol. The first-order valence-corrected chi connectivity index (χ1v) is 10.0. The Kier molecular flexibility index (Phi) is 4.47. The summed E-state index contributed by atoms with van der Waals surface area (Å²) < 4.78 is 20.6. The lowest BCUT2D eigenvalue weighted by Crippen LogP contribution is -2.29. The number of nitrogens with zero attached hydrogens (tertiary/aromatic N) is 2. The smallest absolute Gasteiger partial charge is 0.291 e. The fourth-order valence-corrected chi connectivity index (χ4v) is 4.23. The van der Waals surface area contributed by atoms with Crippen LogP contribution in [0.1, 0.15) is 33.3 Å². The summed E-state index contributed by atoms with van der Waals surface area (Å²) in [6.07, 6.45) is 3.30. The molecule has 0 N–H and O–H groups in total. The maximum atomic E-state index is 14.0. The molecule has 0 spiro atoms. The Hall–Kier alpha value is -3.32. The van der Waals surface area contributed by atoms with Crippen LogP contribution in [0.3, 0.4) is 0 Å². The van der Waals surface area contributed by atoms with E-state index in [1.54, 1.807) is 48.8 Å². The third-order valence-corrected chi connectivity index (χ3v) is 5.66. The van der Waals surface area contributed by atoms with E-state index < -0.39 is 17.8 Å². The van der Waals surface area contributed by atoms with Gasteiger partial charge in [0.15, 0.2) is 5.43 Å². The largest absolute Gasteiger partial charge is 0.450 e. The normalized spacial score (nSPS) is 15.6. The monoisotopic (exact) mass is 464 g/mol. The highest BCUT2D eigenvalue weighted by atomic mass is 79.9. The standard InChI is InChI=1S/C23H14BrFN2O3/c24-15-6-7-18-17(10-15)21(28)19-20(14-4-1-5-16(25)9-14)27(23(29)22(19)30-18)12-13-3-2-8-26-11-13/h1-11,20H,12H2. The van der Waals surface area contributed by atoms with Crippen LogP contribution in [0.2, 0.25) is 0 Å². The van der Waals surface area contributed by atoms with E-state index in [1.165, 1.54) is 17.0 Å². The number of benzene rings is 2. The van der Waals surface area contributed by atoms with E-state index in [0.29, 0.717) is 16.5 Å². The third-order valence-electron chi connectivity index (χ3n) is 5.17. The average Bonchev–Trinajstić information content (AvgIpc) is 3.02. The number of hydrogen-bond donors (Lipinski definition) is 0. The van der Waals surface area contributed by atoms with Gasteiger partial charge in [0.1, 0.15) is 11.4 Å². The maximum Gasteiger partial charge on any atom is 0.291 e. The van der Waals surface area contributed by atoms with Crippen LogP contribution in [0, 0.1) is 5.82 Å². The van der Waals surface area contributed by atoms with Gasteiger partial charge in [-0.1, -0.05) is 34.1 Å². The maximum absolute atomic E-state index is 14.0. The first-order chi connectivity index (χ1) is 14.5. The SMILES string of the molecule is O=C1c2oc3ccc(Br)cc3c(=O)c2C(c2cccc(F)c2)N1Cc1cccnc1. The molecule has 2 aromatic carbocycles. The molecule has 4 aromatic rings. The van der Waals surface area contributed by atoms with Gasteiger partial charge in [-0.15, -0.1) is 0 Å². The molecule has 5 rings (SSSR count). The molecule has 1 unspecified atom stereocenters. The number of carbonyl (C=O) groups excluding carboxylic acids is 1.